The second-order valence-corrected chi connectivity index (χ2v) is 8.02. The number of thiophene rings is 1. The average Bonchev–Trinajstić information content (AvgIpc) is 3.31. The van der Waals surface area contributed by atoms with E-state index in [9.17, 15) is 9.59 Å². The summed E-state index contributed by atoms with van der Waals surface area (Å²) in [4.78, 5) is 26.6. The fraction of sp³-hybridized carbons (Fsp3) is 0.200. The molecule has 0 saturated carbocycles. The van der Waals surface area contributed by atoms with Crippen LogP contribution in [0.4, 0.5) is 0 Å². The van der Waals surface area contributed by atoms with Crippen LogP contribution in [0.2, 0.25) is 0 Å². The Morgan fingerprint density at radius 3 is 2.47 bits per heavy atom. The van der Waals surface area contributed by atoms with Gasteiger partial charge in [0.1, 0.15) is 5.70 Å². The minimum atomic E-state index is -0.346. The fourth-order valence-electron chi connectivity index (χ4n) is 3.14. The molecule has 3 rings (SSSR count). The van der Waals surface area contributed by atoms with E-state index in [2.05, 4.69) is 10.6 Å². The van der Waals surface area contributed by atoms with Gasteiger partial charge in [-0.3, -0.25) is 9.59 Å². The first kappa shape index (κ1) is 23.1. The molecule has 0 saturated heterocycles. The molecule has 0 bridgehead atoms. The van der Waals surface area contributed by atoms with Gasteiger partial charge >= 0.3 is 0 Å². The van der Waals surface area contributed by atoms with Gasteiger partial charge < -0.3 is 20.1 Å². The number of ether oxygens (including phenoxy) is 2. The van der Waals surface area contributed by atoms with Crippen molar-refractivity contribution in [3.05, 3.63) is 87.2 Å². The lowest BCUT2D eigenvalue weighted by Crippen LogP contribution is -2.36. The highest BCUT2D eigenvalue weighted by Gasteiger charge is 2.16. The molecule has 2 amide bonds. The maximum atomic E-state index is 12.9. The van der Waals surface area contributed by atoms with Crippen LogP contribution in [0.1, 0.15) is 26.4 Å². The van der Waals surface area contributed by atoms with E-state index in [0.29, 0.717) is 30.0 Å². The molecule has 0 aliphatic carbocycles. The third-order valence-electron chi connectivity index (χ3n) is 4.86. The van der Waals surface area contributed by atoms with Crippen LogP contribution in [0.25, 0.3) is 6.08 Å². The van der Waals surface area contributed by atoms with Gasteiger partial charge in [0, 0.05) is 17.0 Å². The molecule has 0 unspecified atom stereocenters. The Hall–Kier alpha value is -3.58. The van der Waals surface area contributed by atoms with Crippen LogP contribution in [0, 0.1) is 6.92 Å². The summed E-state index contributed by atoms with van der Waals surface area (Å²) in [5, 5.41) is 7.58. The van der Waals surface area contributed by atoms with Crippen molar-refractivity contribution in [1.29, 1.82) is 0 Å². The molecule has 32 heavy (non-hydrogen) atoms. The van der Waals surface area contributed by atoms with Gasteiger partial charge in [0.25, 0.3) is 11.8 Å². The zero-order valence-corrected chi connectivity index (χ0v) is 19.1. The van der Waals surface area contributed by atoms with Crippen molar-refractivity contribution in [1.82, 2.24) is 10.6 Å². The number of hydrogen-bond acceptors (Lipinski definition) is 5. The number of methoxy groups -OCH3 is 2. The molecule has 7 heteroatoms. The Bertz CT molecular complexity index is 1110. The van der Waals surface area contributed by atoms with Gasteiger partial charge in [0.15, 0.2) is 11.5 Å². The largest absolute Gasteiger partial charge is 0.493 e. The fourth-order valence-corrected chi connectivity index (χ4v) is 3.80. The van der Waals surface area contributed by atoms with E-state index in [4.69, 9.17) is 9.47 Å². The number of amides is 2. The van der Waals surface area contributed by atoms with Gasteiger partial charge in [0.05, 0.1) is 14.2 Å². The second-order valence-electron chi connectivity index (χ2n) is 7.04. The zero-order chi connectivity index (χ0) is 22.9. The van der Waals surface area contributed by atoms with Crippen LogP contribution in [0.15, 0.2) is 65.7 Å². The van der Waals surface area contributed by atoms with E-state index in [1.54, 1.807) is 32.4 Å². The van der Waals surface area contributed by atoms with E-state index in [1.807, 2.05) is 54.8 Å². The minimum absolute atomic E-state index is 0.202. The summed E-state index contributed by atoms with van der Waals surface area (Å²) in [6.45, 7) is 2.26. The summed E-state index contributed by atoms with van der Waals surface area (Å²) >= 11 is 1.49. The van der Waals surface area contributed by atoms with Crippen LogP contribution in [-0.2, 0) is 11.2 Å². The Kier molecular flexibility index (Phi) is 8.05. The van der Waals surface area contributed by atoms with Crippen LogP contribution in [0.5, 0.6) is 11.5 Å². The standard InChI is InChI=1S/C25H26N2O4S/c1-17-7-4-5-9-20(17)24(28)27-21(16-19-8-6-14-32-19)25(29)26-13-12-18-10-11-22(30-2)23(15-18)31-3/h4-11,14-16H,12-13H2,1-3H3,(H,26,29)(H,27,28)/b21-16-. The summed E-state index contributed by atoms with van der Waals surface area (Å²) in [5.41, 5.74) is 2.57. The molecule has 0 radical (unpaired) electrons. The summed E-state index contributed by atoms with van der Waals surface area (Å²) in [6, 6.07) is 16.7. The van der Waals surface area contributed by atoms with Crippen LogP contribution < -0.4 is 20.1 Å². The molecular formula is C25H26N2O4S. The molecule has 0 aliphatic rings. The van der Waals surface area contributed by atoms with Gasteiger partial charge in [-0.15, -0.1) is 11.3 Å². The number of carbonyl (C=O) groups excluding carboxylic acids is 2. The van der Waals surface area contributed by atoms with Gasteiger partial charge in [-0.05, 0) is 60.2 Å². The molecule has 6 nitrogen and oxygen atoms in total. The SMILES string of the molecule is COc1ccc(CCNC(=O)/C(=C/c2cccs2)NC(=O)c2ccccc2C)cc1OC. The molecule has 166 valence electrons. The van der Waals surface area contributed by atoms with E-state index in [1.165, 1.54) is 11.3 Å². The smallest absolute Gasteiger partial charge is 0.267 e. The topological polar surface area (TPSA) is 76.7 Å². The van der Waals surface area contributed by atoms with Crippen molar-refractivity contribution in [3.63, 3.8) is 0 Å². The lowest BCUT2D eigenvalue weighted by atomic mass is 10.1. The molecule has 1 aromatic heterocycles. The first-order valence-electron chi connectivity index (χ1n) is 10.1. The lowest BCUT2D eigenvalue weighted by molar-refractivity contribution is -0.117. The predicted molar refractivity (Wildman–Crippen MR) is 127 cm³/mol. The maximum Gasteiger partial charge on any atom is 0.267 e. The highest BCUT2D eigenvalue weighted by molar-refractivity contribution is 7.10. The summed E-state index contributed by atoms with van der Waals surface area (Å²) < 4.78 is 10.6. The van der Waals surface area contributed by atoms with Crippen LogP contribution in [0.3, 0.4) is 0 Å². The summed E-state index contributed by atoms with van der Waals surface area (Å²) in [6.07, 6.45) is 2.29. The number of aryl methyl sites for hydroxylation is 1. The van der Waals surface area contributed by atoms with Gasteiger partial charge in [-0.25, -0.2) is 0 Å². The minimum Gasteiger partial charge on any atom is -0.493 e. The van der Waals surface area contributed by atoms with E-state index >= 15 is 0 Å². The van der Waals surface area contributed by atoms with Gasteiger partial charge in [-0.1, -0.05) is 30.3 Å². The highest BCUT2D eigenvalue weighted by Crippen LogP contribution is 2.27. The number of benzene rings is 2. The summed E-state index contributed by atoms with van der Waals surface area (Å²) in [5.74, 6) is 0.627. The number of nitrogens with one attached hydrogen (secondary N) is 2. The predicted octanol–water partition coefficient (Wildman–Crippen LogP) is 4.20. The maximum absolute atomic E-state index is 12.9. The molecule has 2 N–H and O–H groups in total. The second kappa shape index (κ2) is 11.2. The highest BCUT2D eigenvalue weighted by atomic mass is 32.1. The van der Waals surface area contributed by atoms with Crippen molar-refractivity contribution in [2.75, 3.05) is 20.8 Å². The quantitative estimate of drug-likeness (QED) is 0.479. The normalized spacial score (nSPS) is 11.0. The third-order valence-corrected chi connectivity index (χ3v) is 5.68. The van der Waals surface area contributed by atoms with Crippen molar-refractivity contribution in [2.24, 2.45) is 0 Å². The monoisotopic (exact) mass is 450 g/mol. The molecular weight excluding hydrogens is 424 g/mol. The first-order valence-corrected chi connectivity index (χ1v) is 11.0. The molecule has 0 spiro atoms. The van der Waals surface area contributed by atoms with Crippen LogP contribution >= 0.6 is 11.3 Å². The molecule has 0 atom stereocenters. The van der Waals surface area contributed by atoms with Crippen molar-refractivity contribution < 1.29 is 19.1 Å². The van der Waals surface area contributed by atoms with Crippen molar-refractivity contribution >= 4 is 29.2 Å². The summed E-state index contributed by atoms with van der Waals surface area (Å²) in [7, 11) is 3.17. The van der Waals surface area contributed by atoms with Gasteiger partial charge in [0.2, 0.25) is 0 Å². The molecule has 0 aliphatic heterocycles. The average molecular weight is 451 g/mol. The Morgan fingerprint density at radius 2 is 1.78 bits per heavy atom. The molecule has 0 fully saturated rings. The Labute approximate surface area is 191 Å². The van der Waals surface area contributed by atoms with E-state index in [0.717, 1.165) is 16.0 Å². The lowest BCUT2D eigenvalue weighted by Gasteiger charge is -2.13. The van der Waals surface area contributed by atoms with Crippen LogP contribution in [-0.4, -0.2) is 32.6 Å². The Balaban J connectivity index is 1.69. The van der Waals surface area contributed by atoms with E-state index in [-0.39, 0.29) is 17.5 Å². The Morgan fingerprint density at radius 1 is 1.00 bits per heavy atom. The zero-order valence-electron chi connectivity index (χ0n) is 18.3. The molecule has 2 aromatic carbocycles. The van der Waals surface area contributed by atoms with Gasteiger partial charge in [-0.2, -0.15) is 0 Å². The van der Waals surface area contributed by atoms with Crippen molar-refractivity contribution in [3.8, 4) is 11.5 Å². The number of hydrogen-bond donors (Lipinski definition) is 2. The first-order chi connectivity index (χ1) is 15.5. The van der Waals surface area contributed by atoms with Crippen molar-refractivity contribution in [2.45, 2.75) is 13.3 Å². The third kappa shape index (κ3) is 5.98. The number of carbonyl (C=O) groups is 2. The van der Waals surface area contributed by atoms with E-state index < -0.39 is 0 Å². The molecule has 1 heterocycles. The molecule has 3 aromatic rings. The number of rotatable bonds is 9.